The molecule has 0 spiro atoms. The van der Waals surface area contributed by atoms with Crippen LogP contribution in [0.3, 0.4) is 0 Å². The van der Waals surface area contributed by atoms with Gasteiger partial charge in [0.05, 0.1) is 11.0 Å². The topological polar surface area (TPSA) is 52.1 Å². The average Bonchev–Trinajstić information content (AvgIpc) is 2.69. The van der Waals surface area contributed by atoms with Crippen LogP contribution in [0.4, 0.5) is 4.39 Å². The first-order chi connectivity index (χ1) is 13.2. The van der Waals surface area contributed by atoms with Gasteiger partial charge in [0.15, 0.2) is 5.78 Å². The molecule has 0 unspecified atom stereocenters. The summed E-state index contributed by atoms with van der Waals surface area (Å²) in [7, 11) is 0. The highest BCUT2D eigenvalue weighted by Gasteiger charge is 2.08. The SMILES string of the molecule is O=C(Cc1ccc(Oc2ccc3nccnc3c2)cc1)c1cccc(F)c1. The summed E-state index contributed by atoms with van der Waals surface area (Å²) in [5.74, 6) is 0.771. The lowest BCUT2D eigenvalue weighted by Gasteiger charge is -2.07. The fourth-order valence-corrected chi connectivity index (χ4v) is 2.77. The van der Waals surface area contributed by atoms with Crippen molar-refractivity contribution in [1.29, 1.82) is 0 Å². The minimum Gasteiger partial charge on any atom is -0.457 e. The predicted molar refractivity (Wildman–Crippen MR) is 100 cm³/mol. The van der Waals surface area contributed by atoms with Crippen LogP contribution >= 0.6 is 0 Å². The van der Waals surface area contributed by atoms with Crippen molar-refractivity contribution in [2.75, 3.05) is 0 Å². The fourth-order valence-electron chi connectivity index (χ4n) is 2.77. The highest BCUT2D eigenvalue weighted by molar-refractivity contribution is 5.97. The van der Waals surface area contributed by atoms with Crippen LogP contribution in [0.25, 0.3) is 11.0 Å². The lowest BCUT2D eigenvalue weighted by Crippen LogP contribution is -2.03. The van der Waals surface area contributed by atoms with Crippen LogP contribution in [0, 0.1) is 5.82 Å². The zero-order chi connectivity index (χ0) is 18.6. The summed E-state index contributed by atoms with van der Waals surface area (Å²) in [6, 6.07) is 18.5. The highest BCUT2D eigenvalue weighted by atomic mass is 19.1. The van der Waals surface area contributed by atoms with Crippen LogP contribution < -0.4 is 4.74 Å². The van der Waals surface area contributed by atoms with Gasteiger partial charge >= 0.3 is 0 Å². The summed E-state index contributed by atoms with van der Waals surface area (Å²) in [6.07, 6.45) is 3.48. The summed E-state index contributed by atoms with van der Waals surface area (Å²) in [5.41, 5.74) is 2.76. The molecule has 3 aromatic carbocycles. The van der Waals surface area contributed by atoms with Crippen molar-refractivity contribution in [1.82, 2.24) is 9.97 Å². The first kappa shape index (κ1) is 16.8. The van der Waals surface area contributed by atoms with Crippen LogP contribution in [0.2, 0.25) is 0 Å². The number of carbonyl (C=O) groups excluding carboxylic acids is 1. The van der Waals surface area contributed by atoms with E-state index in [9.17, 15) is 9.18 Å². The van der Waals surface area contributed by atoms with E-state index in [0.29, 0.717) is 17.1 Å². The lowest BCUT2D eigenvalue weighted by molar-refractivity contribution is 0.0992. The molecule has 132 valence electrons. The Morgan fingerprint density at radius 2 is 1.59 bits per heavy atom. The van der Waals surface area contributed by atoms with Crippen LogP contribution in [-0.2, 0) is 6.42 Å². The Kier molecular flexibility index (Phi) is 4.58. The van der Waals surface area contributed by atoms with Gasteiger partial charge in [-0.05, 0) is 42.0 Å². The number of nitrogens with zero attached hydrogens (tertiary/aromatic N) is 2. The van der Waals surface area contributed by atoms with E-state index in [1.807, 2.05) is 30.3 Å². The second-order valence-electron chi connectivity index (χ2n) is 6.06. The van der Waals surface area contributed by atoms with E-state index >= 15 is 0 Å². The number of halogens is 1. The Morgan fingerprint density at radius 1 is 0.852 bits per heavy atom. The number of hydrogen-bond donors (Lipinski definition) is 0. The Balaban J connectivity index is 1.46. The molecule has 27 heavy (non-hydrogen) atoms. The molecule has 0 aliphatic rings. The van der Waals surface area contributed by atoms with Gasteiger partial charge in [0.1, 0.15) is 17.3 Å². The molecular formula is C22H15FN2O2. The van der Waals surface area contributed by atoms with E-state index in [0.717, 1.165) is 16.6 Å². The number of fused-ring (bicyclic) bond motifs is 1. The molecule has 0 radical (unpaired) electrons. The molecule has 0 amide bonds. The van der Waals surface area contributed by atoms with Crippen molar-refractivity contribution in [2.45, 2.75) is 6.42 Å². The molecule has 0 aliphatic carbocycles. The molecule has 0 N–H and O–H groups in total. The van der Waals surface area contributed by atoms with E-state index in [2.05, 4.69) is 9.97 Å². The van der Waals surface area contributed by atoms with E-state index in [1.54, 1.807) is 30.6 Å². The number of benzene rings is 3. The molecule has 0 aliphatic heterocycles. The van der Waals surface area contributed by atoms with Gasteiger partial charge in [-0.2, -0.15) is 0 Å². The van der Waals surface area contributed by atoms with Gasteiger partial charge in [-0.25, -0.2) is 4.39 Å². The number of carbonyl (C=O) groups is 1. The predicted octanol–water partition coefficient (Wildman–Crippen LogP) is 4.99. The zero-order valence-electron chi connectivity index (χ0n) is 14.3. The van der Waals surface area contributed by atoms with Gasteiger partial charge < -0.3 is 4.74 Å². The molecule has 1 aromatic heterocycles. The Labute approximate surface area is 155 Å². The quantitative estimate of drug-likeness (QED) is 0.472. The molecule has 0 fully saturated rings. The first-order valence-corrected chi connectivity index (χ1v) is 8.44. The summed E-state index contributed by atoms with van der Waals surface area (Å²) in [5, 5.41) is 0. The lowest BCUT2D eigenvalue weighted by atomic mass is 10.0. The van der Waals surface area contributed by atoms with Crippen molar-refractivity contribution >= 4 is 16.8 Å². The van der Waals surface area contributed by atoms with E-state index in [1.165, 1.54) is 18.2 Å². The second-order valence-corrected chi connectivity index (χ2v) is 6.06. The number of Topliss-reactive ketones (excluding diaryl/α,β-unsaturated/α-hetero) is 1. The van der Waals surface area contributed by atoms with Gasteiger partial charge in [0.25, 0.3) is 0 Å². The van der Waals surface area contributed by atoms with Crippen molar-refractivity contribution in [3.8, 4) is 11.5 Å². The molecule has 4 rings (SSSR count). The van der Waals surface area contributed by atoms with Crippen molar-refractivity contribution in [3.63, 3.8) is 0 Å². The summed E-state index contributed by atoms with van der Waals surface area (Å²) in [6.45, 7) is 0. The van der Waals surface area contributed by atoms with Crippen LogP contribution in [0.1, 0.15) is 15.9 Å². The first-order valence-electron chi connectivity index (χ1n) is 8.44. The third-order valence-electron chi connectivity index (χ3n) is 4.11. The Bertz CT molecular complexity index is 1110. The standard InChI is InChI=1S/C22H15FN2O2/c23-17-3-1-2-16(13-17)22(26)12-15-4-6-18(7-5-15)27-19-8-9-20-21(14-19)25-11-10-24-20/h1-11,13-14H,12H2. The molecule has 4 aromatic rings. The number of ether oxygens (including phenoxy) is 1. The maximum Gasteiger partial charge on any atom is 0.167 e. The summed E-state index contributed by atoms with van der Waals surface area (Å²) in [4.78, 5) is 20.7. The van der Waals surface area contributed by atoms with Gasteiger partial charge in [-0.3, -0.25) is 14.8 Å². The van der Waals surface area contributed by atoms with Crippen molar-refractivity contribution in [3.05, 3.63) is 96.1 Å². The maximum absolute atomic E-state index is 13.2. The molecule has 0 atom stereocenters. The van der Waals surface area contributed by atoms with E-state index < -0.39 is 5.82 Å². The monoisotopic (exact) mass is 358 g/mol. The zero-order valence-corrected chi connectivity index (χ0v) is 14.3. The third kappa shape index (κ3) is 3.98. The minimum absolute atomic E-state index is 0.128. The molecule has 0 saturated carbocycles. The maximum atomic E-state index is 13.2. The van der Waals surface area contributed by atoms with Crippen molar-refractivity contribution in [2.24, 2.45) is 0 Å². The number of hydrogen-bond acceptors (Lipinski definition) is 4. The minimum atomic E-state index is -0.412. The van der Waals surface area contributed by atoms with Crippen LogP contribution in [0.5, 0.6) is 11.5 Å². The second kappa shape index (κ2) is 7.33. The van der Waals surface area contributed by atoms with Gasteiger partial charge in [0.2, 0.25) is 0 Å². The normalized spacial score (nSPS) is 10.7. The largest absolute Gasteiger partial charge is 0.457 e. The van der Waals surface area contributed by atoms with E-state index in [-0.39, 0.29) is 12.2 Å². The molecule has 0 saturated heterocycles. The molecule has 0 bridgehead atoms. The Hall–Kier alpha value is -3.60. The number of aromatic nitrogens is 2. The van der Waals surface area contributed by atoms with Crippen molar-refractivity contribution < 1.29 is 13.9 Å². The van der Waals surface area contributed by atoms with Crippen LogP contribution in [-0.4, -0.2) is 15.8 Å². The molecule has 1 heterocycles. The van der Waals surface area contributed by atoms with Gasteiger partial charge in [0, 0.05) is 30.4 Å². The Morgan fingerprint density at radius 3 is 2.37 bits per heavy atom. The summed E-state index contributed by atoms with van der Waals surface area (Å²) >= 11 is 0. The molecule has 5 heteroatoms. The summed E-state index contributed by atoms with van der Waals surface area (Å²) < 4.78 is 19.1. The average molecular weight is 358 g/mol. The highest BCUT2D eigenvalue weighted by Crippen LogP contribution is 2.24. The van der Waals surface area contributed by atoms with Gasteiger partial charge in [-0.1, -0.05) is 24.3 Å². The van der Waals surface area contributed by atoms with E-state index in [4.69, 9.17) is 4.74 Å². The number of ketones is 1. The third-order valence-corrected chi connectivity index (χ3v) is 4.11. The fraction of sp³-hybridized carbons (Fsp3) is 0.0455. The molecule has 4 nitrogen and oxygen atoms in total. The molecular weight excluding hydrogens is 343 g/mol. The van der Waals surface area contributed by atoms with Crippen LogP contribution in [0.15, 0.2) is 79.1 Å². The smallest absolute Gasteiger partial charge is 0.167 e. The number of rotatable bonds is 5. The van der Waals surface area contributed by atoms with Gasteiger partial charge in [-0.15, -0.1) is 0 Å².